The fourth-order valence-electron chi connectivity index (χ4n) is 1.29. The maximum atomic E-state index is 13.0. The Kier molecular flexibility index (Phi) is 4.35. The molecule has 0 aliphatic carbocycles. The molecule has 0 fully saturated rings. The molecular formula is C12H13BrClF. The lowest BCUT2D eigenvalue weighted by molar-refractivity contribution is 0.491. The minimum Gasteiger partial charge on any atom is -0.207 e. The highest BCUT2D eigenvalue weighted by atomic mass is 79.9. The molecule has 0 aliphatic heterocycles. The molecule has 15 heavy (non-hydrogen) atoms. The van der Waals surface area contributed by atoms with Gasteiger partial charge >= 0.3 is 0 Å². The third-order valence-electron chi connectivity index (χ3n) is 2.40. The summed E-state index contributed by atoms with van der Waals surface area (Å²) in [5.41, 5.74) is 0.718. The van der Waals surface area contributed by atoms with Gasteiger partial charge in [-0.25, -0.2) is 4.39 Å². The van der Waals surface area contributed by atoms with Gasteiger partial charge in [0.1, 0.15) is 5.82 Å². The maximum absolute atomic E-state index is 13.0. The summed E-state index contributed by atoms with van der Waals surface area (Å²) in [6, 6.07) is 4.43. The molecule has 0 spiro atoms. The first kappa shape index (κ1) is 12.7. The van der Waals surface area contributed by atoms with Crippen molar-refractivity contribution >= 4 is 27.5 Å². The van der Waals surface area contributed by atoms with Crippen LogP contribution in [0.1, 0.15) is 12.5 Å². The molecule has 0 aliphatic rings. The third-order valence-corrected chi connectivity index (χ3v) is 4.05. The van der Waals surface area contributed by atoms with Gasteiger partial charge in [-0.15, -0.1) is 6.58 Å². The summed E-state index contributed by atoms with van der Waals surface area (Å²) in [5.74, 6) is -0.254. The number of hydrogen-bond donors (Lipinski definition) is 0. The van der Waals surface area contributed by atoms with Crippen LogP contribution in [0.25, 0.3) is 0 Å². The molecule has 0 bridgehead atoms. The zero-order valence-electron chi connectivity index (χ0n) is 8.56. The SMILES string of the molecule is C=CC(C)(CBr)Cc1cc(F)ccc1Cl. The molecule has 1 rings (SSSR count). The van der Waals surface area contributed by atoms with E-state index in [4.69, 9.17) is 11.6 Å². The summed E-state index contributed by atoms with van der Waals surface area (Å²) in [6.45, 7) is 5.84. The van der Waals surface area contributed by atoms with E-state index in [0.29, 0.717) is 11.4 Å². The first-order chi connectivity index (χ1) is 7.00. The van der Waals surface area contributed by atoms with E-state index in [2.05, 4.69) is 29.4 Å². The van der Waals surface area contributed by atoms with Crippen molar-refractivity contribution in [2.75, 3.05) is 5.33 Å². The molecular weight excluding hydrogens is 278 g/mol. The quantitative estimate of drug-likeness (QED) is 0.561. The Hall–Kier alpha value is -0.340. The van der Waals surface area contributed by atoms with Crippen LogP contribution in [0.3, 0.4) is 0 Å². The van der Waals surface area contributed by atoms with Crippen LogP contribution in [-0.4, -0.2) is 5.33 Å². The Bertz CT molecular complexity index is 365. The fourth-order valence-corrected chi connectivity index (χ4v) is 1.90. The molecule has 0 saturated heterocycles. The summed E-state index contributed by atoms with van der Waals surface area (Å²) in [5, 5.41) is 1.38. The van der Waals surface area contributed by atoms with Gasteiger partial charge in [-0.05, 0) is 35.6 Å². The van der Waals surface area contributed by atoms with Crippen LogP contribution in [0.15, 0.2) is 30.9 Å². The lowest BCUT2D eigenvalue weighted by Gasteiger charge is -2.23. The molecule has 1 aromatic rings. The maximum Gasteiger partial charge on any atom is 0.123 e. The second kappa shape index (κ2) is 5.13. The van der Waals surface area contributed by atoms with E-state index in [-0.39, 0.29) is 11.2 Å². The number of halogens is 3. The van der Waals surface area contributed by atoms with E-state index in [0.717, 1.165) is 10.9 Å². The second-order valence-electron chi connectivity index (χ2n) is 3.90. The molecule has 1 atom stereocenters. The lowest BCUT2D eigenvalue weighted by Crippen LogP contribution is -2.18. The minimum absolute atomic E-state index is 0.0998. The molecule has 3 heteroatoms. The van der Waals surface area contributed by atoms with Crippen LogP contribution in [-0.2, 0) is 6.42 Å². The van der Waals surface area contributed by atoms with Crippen LogP contribution >= 0.6 is 27.5 Å². The average Bonchev–Trinajstić information content (AvgIpc) is 2.23. The normalized spacial score (nSPS) is 14.7. The van der Waals surface area contributed by atoms with Crippen LogP contribution in [0.5, 0.6) is 0 Å². The van der Waals surface area contributed by atoms with E-state index in [1.165, 1.54) is 12.1 Å². The number of rotatable bonds is 4. The number of alkyl halides is 1. The molecule has 0 N–H and O–H groups in total. The topological polar surface area (TPSA) is 0 Å². The summed E-state index contributed by atoms with van der Waals surface area (Å²) in [7, 11) is 0. The van der Waals surface area contributed by atoms with Crippen molar-refractivity contribution < 1.29 is 4.39 Å². The van der Waals surface area contributed by atoms with Crippen molar-refractivity contribution in [3.8, 4) is 0 Å². The molecule has 0 aromatic heterocycles. The van der Waals surface area contributed by atoms with Crippen LogP contribution < -0.4 is 0 Å². The van der Waals surface area contributed by atoms with E-state index < -0.39 is 0 Å². The summed E-state index contributed by atoms with van der Waals surface area (Å²) in [4.78, 5) is 0. The summed E-state index contributed by atoms with van der Waals surface area (Å²) < 4.78 is 13.0. The molecule has 1 aromatic carbocycles. The van der Waals surface area contributed by atoms with Gasteiger partial charge in [0.15, 0.2) is 0 Å². The minimum atomic E-state index is -0.254. The molecule has 82 valence electrons. The summed E-state index contributed by atoms with van der Waals surface area (Å²) >= 11 is 9.42. The zero-order valence-corrected chi connectivity index (χ0v) is 10.9. The van der Waals surface area contributed by atoms with Gasteiger partial charge in [-0.1, -0.05) is 40.5 Å². The number of hydrogen-bond acceptors (Lipinski definition) is 0. The average molecular weight is 292 g/mol. The van der Waals surface area contributed by atoms with Crippen LogP contribution in [0, 0.1) is 11.2 Å². The molecule has 0 radical (unpaired) electrons. The van der Waals surface area contributed by atoms with Crippen LogP contribution in [0.4, 0.5) is 4.39 Å². The van der Waals surface area contributed by atoms with Crippen molar-refractivity contribution in [2.24, 2.45) is 5.41 Å². The van der Waals surface area contributed by atoms with E-state index in [1.54, 1.807) is 6.07 Å². The van der Waals surface area contributed by atoms with E-state index in [9.17, 15) is 4.39 Å². The lowest BCUT2D eigenvalue weighted by atomic mass is 9.86. The van der Waals surface area contributed by atoms with Crippen LogP contribution in [0.2, 0.25) is 5.02 Å². The van der Waals surface area contributed by atoms with Crippen molar-refractivity contribution in [3.63, 3.8) is 0 Å². The van der Waals surface area contributed by atoms with Gasteiger partial charge < -0.3 is 0 Å². The Balaban J connectivity index is 2.97. The molecule has 0 nitrogen and oxygen atoms in total. The van der Waals surface area contributed by atoms with Gasteiger partial charge in [0.25, 0.3) is 0 Å². The Labute approximate surface area is 103 Å². The highest BCUT2D eigenvalue weighted by Crippen LogP contribution is 2.29. The van der Waals surface area contributed by atoms with Gasteiger partial charge in [-0.3, -0.25) is 0 Å². The predicted octanol–water partition coefficient (Wildman–Crippen LogP) is 4.61. The molecule has 0 heterocycles. The van der Waals surface area contributed by atoms with Gasteiger partial charge in [0.05, 0.1) is 0 Å². The van der Waals surface area contributed by atoms with Crippen molar-refractivity contribution in [1.29, 1.82) is 0 Å². The van der Waals surface area contributed by atoms with Crippen molar-refractivity contribution in [3.05, 3.63) is 47.3 Å². The van der Waals surface area contributed by atoms with Gasteiger partial charge in [-0.2, -0.15) is 0 Å². The first-order valence-electron chi connectivity index (χ1n) is 4.64. The monoisotopic (exact) mass is 290 g/mol. The third kappa shape index (κ3) is 3.32. The number of benzene rings is 1. The molecule has 1 unspecified atom stereocenters. The number of allylic oxidation sites excluding steroid dienone is 1. The highest BCUT2D eigenvalue weighted by molar-refractivity contribution is 9.09. The van der Waals surface area contributed by atoms with Gasteiger partial charge in [0, 0.05) is 10.4 Å². The van der Waals surface area contributed by atoms with Crippen molar-refractivity contribution in [1.82, 2.24) is 0 Å². The highest BCUT2D eigenvalue weighted by Gasteiger charge is 2.20. The first-order valence-corrected chi connectivity index (χ1v) is 6.14. The Morgan fingerprint density at radius 2 is 2.27 bits per heavy atom. The van der Waals surface area contributed by atoms with Crippen molar-refractivity contribution in [2.45, 2.75) is 13.3 Å². The predicted molar refractivity (Wildman–Crippen MR) is 67.2 cm³/mol. The summed E-state index contributed by atoms with van der Waals surface area (Å²) in [6.07, 6.45) is 2.54. The largest absolute Gasteiger partial charge is 0.207 e. The fraction of sp³-hybridized carbons (Fsp3) is 0.333. The second-order valence-corrected chi connectivity index (χ2v) is 4.87. The standard InChI is InChI=1S/C12H13BrClF/c1-3-12(2,8-13)7-9-6-10(15)4-5-11(9)14/h3-6H,1,7-8H2,2H3. The zero-order chi connectivity index (χ0) is 11.5. The molecule has 0 saturated carbocycles. The smallest absolute Gasteiger partial charge is 0.123 e. The Morgan fingerprint density at radius 3 is 2.80 bits per heavy atom. The van der Waals surface area contributed by atoms with E-state index in [1.807, 2.05) is 6.08 Å². The molecule has 0 amide bonds. The Morgan fingerprint density at radius 1 is 1.60 bits per heavy atom. The van der Waals surface area contributed by atoms with E-state index >= 15 is 0 Å². The van der Waals surface area contributed by atoms with Gasteiger partial charge in [0.2, 0.25) is 0 Å².